The molecule has 0 saturated carbocycles. The summed E-state index contributed by atoms with van der Waals surface area (Å²) in [7, 11) is 1.29. The fourth-order valence-corrected chi connectivity index (χ4v) is 3.63. The van der Waals surface area contributed by atoms with E-state index in [0.717, 1.165) is 19.4 Å². The van der Waals surface area contributed by atoms with Gasteiger partial charge in [-0.3, -0.25) is 9.59 Å². The summed E-state index contributed by atoms with van der Waals surface area (Å²) in [5.41, 5.74) is 0.793. The summed E-state index contributed by atoms with van der Waals surface area (Å²) in [4.78, 5) is 39.7. The molecule has 1 aromatic rings. The van der Waals surface area contributed by atoms with Crippen LogP contribution in [-0.2, 0) is 19.1 Å². The molecule has 2 N–H and O–H groups in total. The molecule has 0 bridgehead atoms. The Kier molecular flexibility index (Phi) is 7.58. The lowest BCUT2D eigenvalue weighted by Crippen LogP contribution is -2.55. The predicted octanol–water partition coefficient (Wildman–Crippen LogP) is 0.609. The first-order valence-corrected chi connectivity index (χ1v) is 10.3. The first kappa shape index (κ1) is 22.0. The van der Waals surface area contributed by atoms with Crippen LogP contribution in [0.4, 0.5) is 5.69 Å². The van der Waals surface area contributed by atoms with E-state index in [1.807, 2.05) is 4.90 Å². The SMILES string of the molecule is COC(=O)c1ccc(NC(=O)C(=O)N2CCN(C(=S)NC[C@@H]3CCCO3)CC2)cc1. The lowest BCUT2D eigenvalue weighted by Gasteiger charge is -2.36. The van der Waals surface area contributed by atoms with Gasteiger partial charge in [-0.25, -0.2) is 4.79 Å². The van der Waals surface area contributed by atoms with E-state index in [2.05, 4.69) is 15.4 Å². The maximum absolute atomic E-state index is 12.5. The van der Waals surface area contributed by atoms with Gasteiger partial charge < -0.3 is 29.9 Å². The zero-order valence-electron chi connectivity index (χ0n) is 16.9. The molecular formula is C20H26N4O5S. The van der Waals surface area contributed by atoms with Crippen molar-refractivity contribution >= 4 is 40.8 Å². The average Bonchev–Trinajstić information content (AvgIpc) is 3.30. The lowest BCUT2D eigenvalue weighted by molar-refractivity contribution is -0.144. The van der Waals surface area contributed by atoms with Crippen LogP contribution in [0.2, 0.25) is 0 Å². The molecule has 2 aliphatic heterocycles. The largest absolute Gasteiger partial charge is 0.465 e. The van der Waals surface area contributed by atoms with Crippen LogP contribution >= 0.6 is 12.2 Å². The number of amides is 2. The van der Waals surface area contributed by atoms with Crippen LogP contribution < -0.4 is 10.6 Å². The third kappa shape index (κ3) is 5.67. The Morgan fingerprint density at radius 3 is 2.40 bits per heavy atom. The Morgan fingerprint density at radius 1 is 1.13 bits per heavy atom. The fourth-order valence-electron chi connectivity index (χ4n) is 3.37. The first-order valence-electron chi connectivity index (χ1n) is 9.91. The van der Waals surface area contributed by atoms with Crippen molar-refractivity contribution in [2.75, 3.05) is 51.8 Å². The van der Waals surface area contributed by atoms with E-state index in [4.69, 9.17) is 17.0 Å². The standard InChI is InChI=1S/C20H26N4O5S/c1-28-19(27)14-4-6-15(7-5-14)22-17(25)18(26)23-8-10-24(11-9-23)20(30)21-13-16-3-2-12-29-16/h4-7,16H,2-3,8-13H2,1H3,(H,21,30)(H,22,25)/t16-/m0/s1. The molecule has 1 atom stereocenters. The topological polar surface area (TPSA) is 100 Å². The third-order valence-corrected chi connectivity index (χ3v) is 5.52. The van der Waals surface area contributed by atoms with Crippen molar-refractivity contribution in [1.29, 1.82) is 0 Å². The van der Waals surface area contributed by atoms with Gasteiger partial charge >= 0.3 is 17.8 Å². The van der Waals surface area contributed by atoms with E-state index in [1.165, 1.54) is 24.1 Å². The highest BCUT2D eigenvalue weighted by Gasteiger charge is 2.27. The number of hydrogen-bond donors (Lipinski definition) is 2. The lowest BCUT2D eigenvalue weighted by atomic mass is 10.2. The van der Waals surface area contributed by atoms with Gasteiger partial charge in [0.05, 0.1) is 18.8 Å². The van der Waals surface area contributed by atoms with Gasteiger partial charge in [0.1, 0.15) is 0 Å². The summed E-state index contributed by atoms with van der Waals surface area (Å²) in [5, 5.41) is 6.43. The van der Waals surface area contributed by atoms with Gasteiger partial charge in [-0.1, -0.05) is 0 Å². The molecule has 1 aromatic carbocycles. The van der Waals surface area contributed by atoms with Gasteiger partial charge in [0, 0.05) is 45.0 Å². The number of hydrogen-bond acceptors (Lipinski definition) is 6. The Hall–Kier alpha value is -2.72. The van der Waals surface area contributed by atoms with Gasteiger partial charge in [0.2, 0.25) is 0 Å². The highest BCUT2D eigenvalue weighted by Crippen LogP contribution is 2.12. The van der Waals surface area contributed by atoms with E-state index >= 15 is 0 Å². The van der Waals surface area contributed by atoms with Gasteiger partial charge in [0.15, 0.2) is 5.11 Å². The van der Waals surface area contributed by atoms with Crippen molar-refractivity contribution in [3.8, 4) is 0 Å². The van der Waals surface area contributed by atoms with Crippen LogP contribution in [0, 0.1) is 0 Å². The molecule has 0 unspecified atom stereocenters. The van der Waals surface area contributed by atoms with E-state index in [1.54, 1.807) is 12.1 Å². The van der Waals surface area contributed by atoms with Crippen molar-refractivity contribution in [3.63, 3.8) is 0 Å². The van der Waals surface area contributed by atoms with Gasteiger partial charge in [0.25, 0.3) is 0 Å². The Morgan fingerprint density at radius 2 is 1.80 bits per heavy atom. The molecule has 9 nitrogen and oxygen atoms in total. The summed E-state index contributed by atoms with van der Waals surface area (Å²) in [6, 6.07) is 6.14. The highest BCUT2D eigenvalue weighted by molar-refractivity contribution is 7.80. The van der Waals surface area contributed by atoms with Crippen molar-refractivity contribution in [2.24, 2.45) is 0 Å². The molecule has 0 aromatic heterocycles. The number of piperazine rings is 1. The number of anilines is 1. The Balaban J connectivity index is 1.43. The Labute approximate surface area is 180 Å². The monoisotopic (exact) mass is 434 g/mol. The van der Waals surface area contributed by atoms with Gasteiger partial charge in [-0.2, -0.15) is 0 Å². The summed E-state index contributed by atoms with van der Waals surface area (Å²) < 4.78 is 10.2. The smallest absolute Gasteiger partial charge is 0.337 e. The number of thiocarbonyl (C=S) groups is 1. The second-order valence-corrected chi connectivity index (χ2v) is 7.51. The van der Waals surface area contributed by atoms with Crippen LogP contribution in [0.1, 0.15) is 23.2 Å². The molecule has 30 heavy (non-hydrogen) atoms. The molecule has 2 fully saturated rings. The summed E-state index contributed by atoms with van der Waals surface area (Å²) in [5.74, 6) is -1.77. The Bertz CT molecular complexity index is 787. The van der Waals surface area contributed by atoms with E-state index in [9.17, 15) is 14.4 Å². The number of nitrogens with one attached hydrogen (secondary N) is 2. The molecule has 2 aliphatic rings. The average molecular weight is 435 g/mol. The third-order valence-electron chi connectivity index (χ3n) is 5.12. The minimum Gasteiger partial charge on any atom is -0.465 e. The normalized spacial score (nSPS) is 18.6. The first-order chi connectivity index (χ1) is 14.5. The molecule has 162 valence electrons. The number of esters is 1. The number of nitrogens with zero attached hydrogens (tertiary/aromatic N) is 2. The zero-order chi connectivity index (χ0) is 21.5. The minimum absolute atomic E-state index is 0.205. The van der Waals surface area contributed by atoms with Crippen LogP contribution in [0.5, 0.6) is 0 Å². The maximum Gasteiger partial charge on any atom is 0.337 e. The second-order valence-electron chi connectivity index (χ2n) is 7.12. The molecule has 0 radical (unpaired) electrons. The van der Waals surface area contributed by atoms with Crippen molar-refractivity contribution in [3.05, 3.63) is 29.8 Å². The maximum atomic E-state index is 12.5. The summed E-state index contributed by atoms with van der Waals surface area (Å²) >= 11 is 5.43. The molecule has 0 aliphatic carbocycles. The van der Waals surface area contributed by atoms with Crippen molar-refractivity contribution in [2.45, 2.75) is 18.9 Å². The summed E-state index contributed by atoms with van der Waals surface area (Å²) in [6.45, 7) is 3.44. The van der Waals surface area contributed by atoms with Crippen LogP contribution in [-0.4, -0.2) is 85.2 Å². The molecule has 2 amide bonds. The zero-order valence-corrected chi connectivity index (χ0v) is 17.7. The minimum atomic E-state index is -0.714. The number of benzene rings is 1. The number of ether oxygens (including phenoxy) is 2. The molecule has 10 heteroatoms. The number of rotatable bonds is 4. The molecule has 0 spiro atoms. The van der Waals surface area contributed by atoms with Crippen LogP contribution in [0.25, 0.3) is 0 Å². The van der Waals surface area contributed by atoms with Crippen molar-refractivity contribution in [1.82, 2.24) is 15.1 Å². The fraction of sp³-hybridized carbons (Fsp3) is 0.500. The number of methoxy groups -OCH3 is 1. The summed E-state index contributed by atoms with van der Waals surface area (Å²) in [6.07, 6.45) is 2.33. The molecule has 3 rings (SSSR count). The van der Waals surface area contributed by atoms with Crippen LogP contribution in [0.3, 0.4) is 0 Å². The molecule has 2 heterocycles. The van der Waals surface area contributed by atoms with Crippen molar-refractivity contribution < 1.29 is 23.9 Å². The number of carbonyl (C=O) groups is 3. The highest BCUT2D eigenvalue weighted by atomic mass is 32.1. The van der Waals surface area contributed by atoms with Crippen LogP contribution in [0.15, 0.2) is 24.3 Å². The van der Waals surface area contributed by atoms with E-state index in [0.29, 0.717) is 49.1 Å². The second kappa shape index (κ2) is 10.4. The van der Waals surface area contributed by atoms with Gasteiger partial charge in [-0.05, 0) is 49.3 Å². The van der Waals surface area contributed by atoms with E-state index < -0.39 is 17.8 Å². The van der Waals surface area contributed by atoms with Gasteiger partial charge in [-0.15, -0.1) is 0 Å². The quantitative estimate of drug-likeness (QED) is 0.404. The number of carbonyl (C=O) groups excluding carboxylic acids is 3. The predicted molar refractivity (Wildman–Crippen MR) is 114 cm³/mol. The van der Waals surface area contributed by atoms with E-state index in [-0.39, 0.29) is 6.10 Å². The molecule has 2 saturated heterocycles. The molecular weight excluding hydrogens is 408 g/mol.